The van der Waals surface area contributed by atoms with Crippen molar-refractivity contribution in [2.75, 3.05) is 19.6 Å². The van der Waals surface area contributed by atoms with Crippen LogP contribution in [-0.2, 0) is 0 Å². The summed E-state index contributed by atoms with van der Waals surface area (Å²) in [5.41, 5.74) is 6.80. The monoisotopic (exact) mass is 250 g/mol. The van der Waals surface area contributed by atoms with Crippen LogP contribution in [0.25, 0.3) is 0 Å². The summed E-state index contributed by atoms with van der Waals surface area (Å²) in [7, 11) is 0. The van der Waals surface area contributed by atoms with Gasteiger partial charge in [-0.15, -0.1) is 0 Å². The van der Waals surface area contributed by atoms with Crippen LogP contribution in [0.4, 0.5) is 0 Å². The van der Waals surface area contributed by atoms with Crippen LogP contribution >= 0.6 is 0 Å². The summed E-state index contributed by atoms with van der Waals surface area (Å²) < 4.78 is 0. The molecule has 0 spiro atoms. The Hall–Kier alpha value is -1.49. The molecule has 0 radical (unpaired) electrons. The number of hydrogen-bond donors (Lipinski definition) is 1. The number of rotatable bonds is 5. The molecule has 0 saturated heterocycles. The van der Waals surface area contributed by atoms with E-state index in [4.69, 9.17) is 5.73 Å². The van der Waals surface area contributed by atoms with Crippen molar-refractivity contribution in [1.29, 1.82) is 0 Å². The van der Waals surface area contributed by atoms with Gasteiger partial charge < -0.3 is 10.6 Å². The number of amides is 1. The zero-order valence-electron chi connectivity index (χ0n) is 11.6. The summed E-state index contributed by atoms with van der Waals surface area (Å²) >= 11 is 0. The number of carbonyl (C=O) groups is 1. The molecule has 100 valence electrons. The fourth-order valence-electron chi connectivity index (χ4n) is 1.57. The lowest BCUT2D eigenvalue weighted by atomic mass is 9.93. The average Bonchev–Trinajstić information content (AvgIpc) is 2.36. The molecule has 18 heavy (non-hydrogen) atoms. The molecule has 1 heterocycles. The lowest BCUT2D eigenvalue weighted by Crippen LogP contribution is -2.42. The van der Waals surface area contributed by atoms with Crippen molar-refractivity contribution >= 4 is 5.91 Å². The third-order valence-corrected chi connectivity index (χ3v) is 2.84. The molecule has 0 aliphatic carbocycles. The normalized spacial score (nSPS) is 11.4. The molecular weight excluding hydrogens is 228 g/mol. The van der Waals surface area contributed by atoms with Gasteiger partial charge in [-0.25, -0.2) is 4.98 Å². The number of carbonyl (C=O) groups excluding carboxylic acids is 1. The molecule has 0 fully saturated rings. The van der Waals surface area contributed by atoms with E-state index in [9.17, 15) is 4.79 Å². The van der Waals surface area contributed by atoms with Gasteiger partial charge in [0.25, 0.3) is 5.91 Å². The van der Waals surface area contributed by atoms with Crippen LogP contribution in [0.5, 0.6) is 0 Å². The van der Waals surface area contributed by atoms with Gasteiger partial charge in [0, 0.05) is 19.3 Å². The van der Waals surface area contributed by atoms with E-state index in [0.29, 0.717) is 25.3 Å². The van der Waals surface area contributed by atoms with Crippen molar-refractivity contribution in [3.8, 4) is 0 Å². The molecule has 0 atom stereocenters. The third-order valence-electron chi connectivity index (χ3n) is 2.84. The van der Waals surface area contributed by atoms with E-state index in [-0.39, 0.29) is 11.3 Å². The SMILES string of the molecule is CCN(CC(C)(C)CN)C(=O)c1cnc(C)cn1. The molecule has 0 aromatic carbocycles. The van der Waals surface area contributed by atoms with Gasteiger partial charge in [-0.2, -0.15) is 0 Å². The van der Waals surface area contributed by atoms with Gasteiger partial charge in [0.2, 0.25) is 0 Å². The minimum absolute atomic E-state index is 0.0912. The summed E-state index contributed by atoms with van der Waals surface area (Å²) in [6.07, 6.45) is 3.13. The first-order valence-electron chi connectivity index (χ1n) is 6.17. The Morgan fingerprint density at radius 3 is 2.50 bits per heavy atom. The lowest BCUT2D eigenvalue weighted by molar-refractivity contribution is 0.0694. The van der Waals surface area contributed by atoms with E-state index in [1.807, 2.05) is 27.7 Å². The van der Waals surface area contributed by atoms with E-state index in [0.717, 1.165) is 5.69 Å². The Bertz CT molecular complexity index is 400. The predicted octanol–water partition coefficient (Wildman–Crippen LogP) is 1.23. The van der Waals surface area contributed by atoms with Crippen molar-refractivity contribution in [3.05, 3.63) is 23.8 Å². The summed E-state index contributed by atoms with van der Waals surface area (Å²) in [5, 5.41) is 0. The van der Waals surface area contributed by atoms with E-state index < -0.39 is 0 Å². The van der Waals surface area contributed by atoms with Crippen LogP contribution in [0.3, 0.4) is 0 Å². The van der Waals surface area contributed by atoms with Gasteiger partial charge in [0.05, 0.1) is 11.9 Å². The Labute approximate surface area is 108 Å². The van der Waals surface area contributed by atoms with Crippen LogP contribution in [0.15, 0.2) is 12.4 Å². The van der Waals surface area contributed by atoms with Crippen LogP contribution in [0, 0.1) is 12.3 Å². The van der Waals surface area contributed by atoms with E-state index in [1.54, 1.807) is 11.1 Å². The Balaban J connectivity index is 2.82. The Morgan fingerprint density at radius 1 is 1.39 bits per heavy atom. The predicted molar refractivity (Wildman–Crippen MR) is 71.2 cm³/mol. The molecule has 0 saturated carbocycles. The molecule has 0 aliphatic rings. The highest BCUT2D eigenvalue weighted by Gasteiger charge is 2.24. The zero-order chi connectivity index (χ0) is 13.8. The van der Waals surface area contributed by atoms with Crippen molar-refractivity contribution in [2.45, 2.75) is 27.7 Å². The molecule has 1 rings (SSSR count). The Kier molecular flexibility index (Phi) is 4.78. The maximum absolute atomic E-state index is 12.3. The summed E-state index contributed by atoms with van der Waals surface area (Å²) in [5.74, 6) is -0.0912. The first-order chi connectivity index (χ1) is 8.39. The minimum Gasteiger partial charge on any atom is -0.337 e. The van der Waals surface area contributed by atoms with Crippen LogP contribution in [-0.4, -0.2) is 40.4 Å². The summed E-state index contributed by atoms with van der Waals surface area (Å²) in [6.45, 7) is 9.68. The summed E-state index contributed by atoms with van der Waals surface area (Å²) in [6, 6.07) is 0. The fraction of sp³-hybridized carbons (Fsp3) is 0.615. The topological polar surface area (TPSA) is 72.1 Å². The fourth-order valence-corrected chi connectivity index (χ4v) is 1.57. The van der Waals surface area contributed by atoms with Gasteiger partial charge in [-0.05, 0) is 25.8 Å². The van der Waals surface area contributed by atoms with Crippen molar-refractivity contribution in [2.24, 2.45) is 11.1 Å². The molecule has 1 amide bonds. The minimum atomic E-state index is -0.0935. The third kappa shape index (κ3) is 3.77. The van der Waals surface area contributed by atoms with Gasteiger partial charge in [-0.1, -0.05) is 13.8 Å². The maximum Gasteiger partial charge on any atom is 0.274 e. The quantitative estimate of drug-likeness (QED) is 0.853. The van der Waals surface area contributed by atoms with Gasteiger partial charge in [-0.3, -0.25) is 9.78 Å². The number of aromatic nitrogens is 2. The molecule has 1 aromatic rings. The second kappa shape index (κ2) is 5.91. The maximum atomic E-state index is 12.3. The number of nitrogens with two attached hydrogens (primary N) is 1. The van der Waals surface area contributed by atoms with E-state index >= 15 is 0 Å². The zero-order valence-corrected chi connectivity index (χ0v) is 11.6. The molecule has 5 heteroatoms. The van der Waals surface area contributed by atoms with Gasteiger partial charge in [0.1, 0.15) is 5.69 Å². The highest BCUT2D eigenvalue weighted by Crippen LogP contribution is 2.16. The summed E-state index contributed by atoms with van der Waals surface area (Å²) in [4.78, 5) is 22.2. The second-order valence-corrected chi connectivity index (χ2v) is 5.23. The molecule has 0 aliphatic heterocycles. The molecule has 2 N–H and O–H groups in total. The van der Waals surface area contributed by atoms with E-state index in [1.165, 1.54) is 6.20 Å². The number of nitrogens with zero attached hydrogens (tertiary/aromatic N) is 3. The first-order valence-corrected chi connectivity index (χ1v) is 6.17. The van der Waals surface area contributed by atoms with Gasteiger partial charge in [0.15, 0.2) is 0 Å². The van der Waals surface area contributed by atoms with Crippen LogP contribution in [0.1, 0.15) is 37.0 Å². The van der Waals surface area contributed by atoms with Gasteiger partial charge >= 0.3 is 0 Å². The van der Waals surface area contributed by atoms with Crippen molar-refractivity contribution in [1.82, 2.24) is 14.9 Å². The largest absolute Gasteiger partial charge is 0.337 e. The average molecular weight is 250 g/mol. The van der Waals surface area contributed by atoms with Crippen LogP contribution < -0.4 is 5.73 Å². The Morgan fingerprint density at radius 2 is 2.06 bits per heavy atom. The number of hydrogen-bond acceptors (Lipinski definition) is 4. The molecular formula is C13H22N4O. The molecule has 1 aromatic heterocycles. The van der Waals surface area contributed by atoms with Crippen molar-refractivity contribution < 1.29 is 4.79 Å². The first kappa shape index (κ1) is 14.6. The smallest absolute Gasteiger partial charge is 0.274 e. The highest BCUT2D eigenvalue weighted by atomic mass is 16.2. The molecule has 5 nitrogen and oxygen atoms in total. The highest BCUT2D eigenvalue weighted by molar-refractivity contribution is 5.92. The second-order valence-electron chi connectivity index (χ2n) is 5.23. The standard InChI is InChI=1S/C13H22N4O/c1-5-17(9-13(3,4)8-14)12(18)11-7-15-10(2)6-16-11/h6-7H,5,8-9,14H2,1-4H3. The van der Waals surface area contributed by atoms with Crippen molar-refractivity contribution in [3.63, 3.8) is 0 Å². The molecule has 0 bridgehead atoms. The number of aryl methyl sites for hydroxylation is 1. The molecule has 0 unspecified atom stereocenters. The van der Waals surface area contributed by atoms with Crippen LogP contribution in [0.2, 0.25) is 0 Å². The lowest BCUT2D eigenvalue weighted by Gasteiger charge is -2.30. The van der Waals surface area contributed by atoms with E-state index in [2.05, 4.69) is 9.97 Å².